The first-order chi connectivity index (χ1) is 8.99. The van der Waals surface area contributed by atoms with Crippen LogP contribution in [0.1, 0.15) is 30.3 Å². The monoisotopic (exact) mass is 256 g/mol. The first-order valence-corrected chi connectivity index (χ1v) is 6.58. The molecule has 0 aliphatic carbocycles. The van der Waals surface area contributed by atoms with Crippen LogP contribution in [-0.4, -0.2) is 15.6 Å². The lowest BCUT2D eigenvalue weighted by atomic mass is 9.99. The fourth-order valence-electron chi connectivity index (χ4n) is 2.39. The smallest absolute Gasteiger partial charge is 0.130 e. The maximum absolute atomic E-state index is 11.1. The normalized spacial score (nSPS) is 10.7. The van der Waals surface area contributed by atoms with Gasteiger partial charge in [-0.15, -0.1) is 0 Å². The van der Waals surface area contributed by atoms with Gasteiger partial charge in [0.2, 0.25) is 0 Å². The van der Waals surface area contributed by atoms with Crippen molar-refractivity contribution >= 4 is 5.78 Å². The summed E-state index contributed by atoms with van der Waals surface area (Å²) in [6.07, 6.45) is 1.41. The molecular formula is C16H20N2O. The molecule has 19 heavy (non-hydrogen) atoms. The van der Waals surface area contributed by atoms with Crippen LogP contribution >= 0.6 is 0 Å². The molecule has 0 fully saturated rings. The van der Waals surface area contributed by atoms with Gasteiger partial charge < -0.3 is 4.79 Å². The van der Waals surface area contributed by atoms with E-state index in [-0.39, 0.29) is 5.78 Å². The van der Waals surface area contributed by atoms with E-state index in [0.29, 0.717) is 6.42 Å². The standard InChI is InChI=1S/C16H20N2O/c1-11(19)8-9-14-6-5-7-15(10-14)16-12(2)17-18(4)13(16)3/h5-7,10H,8-9H2,1-4H3. The summed E-state index contributed by atoms with van der Waals surface area (Å²) in [5.74, 6) is 0.235. The van der Waals surface area contributed by atoms with E-state index < -0.39 is 0 Å². The van der Waals surface area contributed by atoms with Gasteiger partial charge >= 0.3 is 0 Å². The van der Waals surface area contributed by atoms with E-state index in [0.717, 1.165) is 12.1 Å². The number of carbonyl (C=O) groups is 1. The number of aromatic nitrogens is 2. The summed E-state index contributed by atoms with van der Waals surface area (Å²) in [7, 11) is 1.96. The maximum Gasteiger partial charge on any atom is 0.130 e. The highest BCUT2D eigenvalue weighted by molar-refractivity contribution is 5.76. The van der Waals surface area contributed by atoms with Crippen LogP contribution in [0, 0.1) is 13.8 Å². The van der Waals surface area contributed by atoms with Gasteiger partial charge in [-0.1, -0.05) is 24.3 Å². The number of aryl methyl sites for hydroxylation is 3. The highest BCUT2D eigenvalue weighted by Gasteiger charge is 2.11. The summed E-state index contributed by atoms with van der Waals surface area (Å²) in [4.78, 5) is 11.1. The fourth-order valence-corrected chi connectivity index (χ4v) is 2.39. The first-order valence-electron chi connectivity index (χ1n) is 6.58. The molecule has 0 saturated heterocycles. The van der Waals surface area contributed by atoms with Crippen LogP contribution in [0.25, 0.3) is 11.1 Å². The zero-order chi connectivity index (χ0) is 14.0. The molecular weight excluding hydrogens is 236 g/mol. The Bertz CT molecular complexity index is 611. The number of hydrogen-bond donors (Lipinski definition) is 0. The van der Waals surface area contributed by atoms with Gasteiger partial charge in [-0.05, 0) is 38.3 Å². The van der Waals surface area contributed by atoms with E-state index in [1.165, 1.54) is 22.4 Å². The molecule has 0 bridgehead atoms. The van der Waals surface area contributed by atoms with Crippen molar-refractivity contribution in [2.45, 2.75) is 33.6 Å². The molecule has 0 atom stereocenters. The summed E-state index contributed by atoms with van der Waals surface area (Å²) in [5, 5.41) is 4.45. The number of ketones is 1. The van der Waals surface area contributed by atoms with Gasteiger partial charge in [0.1, 0.15) is 5.78 Å². The SMILES string of the molecule is CC(=O)CCc1cccc(-c2c(C)nn(C)c2C)c1. The van der Waals surface area contributed by atoms with Gasteiger partial charge in [-0.25, -0.2) is 0 Å². The van der Waals surface area contributed by atoms with Crippen molar-refractivity contribution in [3.63, 3.8) is 0 Å². The Kier molecular flexibility index (Phi) is 3.84. The average Bonchev–Trinajstić information content (AvgIpc) is 2.61. The maximum atomic E-state index is 11.1. The number of rotatable bonds is 4. The van der Waals surface area contributed by atoms with E-state index in [1.807, 2.05) is 18.7 Å². The number of Topliss-reactive ketones (excluding diaryl/α,β-unsaturated/α-hetero) is 1. The van der Waals surface area contributed by atoms with Crippen LogP contribution in [0.15, 0.2) is 24.3 Å². The van der Waals surface area contributed by atoms with E-state index in [4.69, 9.17) is 0 Å². The van der Waals surface area contributed by atoms with Crippen molar-refractivity contribution in [3.05, 3.63) is 41.2 Å². The minimum absolute atomic E-state index is 0.235. The van der Waals surface area contributed by atoms with Gasteiger partial charge in [-0.3, -0.25) is 4.68 Å². The third-order valence-electron chi connectivity index (χ3n) is 3.49. The predicted molar refractivity (Wildman–Crippen MR) is 77.1 cm³/mol. The van der Waals surface area contributed by atoms with Gasteiger partial charge in [-0.2, -0.15) is 5.10 Å². The van der Waals surface area contributed by atoms with Crippen LogP contribution in [0.5, 0.6) is 0 Å². The largest absolute Gasteiger partial charge is 0.300 e. The number of carbonyl (C=O) groups excluding carboxylic acids is 1. The van der Waals surface area contributed by atoms with Crippen LogP contribution in [0.2, 0.25) is 0 Å². The Morgan fingerprint density at radius 2 is 2.05 bits per heavy atom. The van der Waals surface area contributed by atoms with Crippen molar-refractivity contribution in [1.82, 2.24) is 9.78 Å². The Morgan fingerprint density at radius 1 is 1.32 bits per heavy atom. The van der Waals surface area contributed by atoms with Crippen molar-refractivity contribution in [3.8, 4) is 11.1 Å². The fraction of sp³-hybridized carbons (Fsp3) is 0.375. The Labute approximate surface area is 114 Å². The average molecular weight is 256 g/mol. The molecule has 0 spiro atoms. The molecule has 0 aliphatic rings. The lowest BCUT2D eigenvalue weighted by Gasteiger charge is -2.05. The summed E-state index contributed by atoms with van der Waals surface area (Å²) in [6, 6.07) is 8.40. The summed E-state index contributed by atoms with van der Waals surface area (Å²) in [6.45, 7) is 5.75. The van der Waals surface area contributed by atoms with Crippen molar-refractivity contribution in [2.24, 2.45) is 7.05 Å². The first kappa shape index (κ1) is 13.5. The van der Waals surface area contributed by atoms with E-state index in [2.05, 4.69) is 36.3 Å². The van der Waals surface area contributed by atoms with Gasteiger partial charge in [0.05, 0.1) is 5.69 Å². The Morgan fingerprint density at radius 3 is 2.63 bits per heavy atom. The number of hydrogen-bond acceptors (Lipinski definition) is 2. The molecule has 3 heteroatoms. The molecule has 1 heterocycles. The van der Waals surface area contributed by atoms with Gasteiger partial charge in [0, 0.05) is 24.7 Å². The highest BCUT2D eigenvalue weighted by Crippen LogP contribution is 2.27. The van der Waals surface area contributed by atoms with E-state index >= 15 is 0 Å². The topological polar surface area (TPSA) is 34.9 Å². The third kappa shape index (κ3) is 2.92. The molecule has 0 saturated carbocycles. The Balaban J connectivity index is 2.35. The summed E-state index contributed by atoms with van der Waals surface area (Å²) >= 11 is 0. The second kappa shape index (κ2) is 5.39. The third-order valence-corrected chi connectivity index (χ3v) is 3.49. The second-order valence-electron chi connectivity index (χ2n) is 5.07. The number of benzene rings is 1. The van der Waals surface area contributed by atoms with Crippen molar-refractivity contribution < 1.29 is 4.79 Å². The minimum Gasteiger partial charge on any atom is -0.300 e. The van der Waals surface area contributed by atoms with Crippen LogP contribution in [-0.2, 0) is 18.3 Å². The van der Waals surface area contributed by atoms with Crippen LogP contribution in [0.3, 0.4) is 0 Å². The quantitative estimate of drug-likeness (QED) is 0.841. The molecule has 3 nitrogen and oxygen atoms in total. The van der Waals surface area contributed by atoms with Gasteiger partial charge in [0.15, 0.2) is 0 Å². The lowest BCUT2D eigenvalue weighted by molar-refractivity contribution is -0.116. The molecule has 0 amide bonds. The molecule has 2 aromatic rings. The van der Waals surface area contributed by atoms with E-state index in [1.54, 1.807) is 6.92 Å². The minimum atomic E-state index is 0.235. The number of nitrogens with zero attached hydrogens (tertiary/aromatic N) is 2. The molecule has 0 aliphatic heterocycles. The molecule has 2 rings (SSSR count). The Hall–Kier alpha value is -1.90. The molecule has 0 unspecified atom stereocenters. The summed E-state index contributed by atoms with van der Waals surface area (Å²) in [5.41, 5.74) is 5.80. The molecule has 100 valence electrons. The van der Waals surface area contributed by atoms with Crippen LogP contribution < -0.4 is 0 Å². The van der Waals surface area contributed by atoms with Crippen LogP contribution in [0.4, 0.5) is 0 Å². The van der Waals surface area contributed by atoms with Crippen molar-refractivity contribution in [1.29, 1.82) is 0 Å². The van der Waals surface area contributed by atoms with E-state index in [9.17, 15) is 4.79 Å². The lowest BCUT2D eigenvalue weighted by Crippen LogP contribution is -1.95. The molecule has 0 N–H and O–H groups in total. The zero-order valence-corrected chi connectivity index (χ0v) is 12.0. The van der Waals surface area contributed by atoms with Gasteiger partial charge in [0.25, 0.3) is 0 Å². The molecule has 0 radical (unpaired) electrons. The zero-order valence-electron chi connectivity index (χ0n) is 12.0. The molecule has 1 aromatic heterocycles. The predicted octanol–water partition coefficient (Wildman–Crippen LogP) is 3.23. The molecule has 1 aromatic carbocycles. The van der Waals surface area contributed by atoms with Crippen molar-refractivity contribution in [2.75, 3.05) is 0 Å². The summed E-state index contributed by atoms with van der Waals surface area (Å²) < 4.78 is 1.91. The highest BCUT2D eigenvalue weighted by atomic mass is 16.1. The second-order valence-corrected chi connectivity index (χ2v) is 5.07.